The van der Waals surface area contributed by atoms with Crippen molar-refractivity contribution in [3.63, 3.8) is 0 Å². The van der Waals surface area contributed by atoms with Crippen LogP contribution in [0.25, 0.3) is 0 Å². The van der Waals surface area contributed by atoms with Gasteiger partial charge in [0, 0.05) is 0 Å². The molecule has 0 bridgehead atoms. The van der Waals surface area contributed by atoms with Crippen LogP contribution in [0.1, 0.15) is 27.7 Å². The van der Waals surface area contributed by atoms with Crippen molar-refractivity contribution in [1.29, 1.82) is 0 Å². The molecule has 1 rings (SSSR count). The lowest BCUT2D eigenvalue weighted by Gasteiger charge is -2.30. The molecule has 0 aliphatic rings. The summed E-state index contributed by atoms with van der Waals surface area (Å²) in [5.74, 6) is -0.725. The first kappa shape index (κ1) is 13.2. The molecule has 0 radical (unpaired) electrons. The van der Waals surface area contributed by atoms with Gasteiger partial charge >= 0.3 is 0 Å². The Bertz CT molecular complexity index is 345. The Hall–Kier alpha value is -0.895. The van der Waals surface area contributed by atoms with E-state index in [9.17, 15) is 8.78 Å². The minimum absolute atomic E-state index is 0.308. The number of halogens is 2. The molecule has 0 heterocycles. The zero-order valence-corrected chi connectivity index (χ0v) is 10.3. The van der Waals surface area contributed by atoms with Crippen LogP contribution >= 0.6 is 0 Å². The van der Waals surface area contributed by atoms with Crippen molar-refractivity contribution in [2.45, 2.75) is 39.8 Å². The second kappa shape index (κ2) is 5.44. The van der Waals surface area contributed by atoms with Gasteiger partial charge in [0.2, 0.25) is 7.41 Å². The van der Waals surface area contributed by atoms with Gasteiger partial charge in [-0.2, -0.15) is 0 Å². The number of nitrogens with zero attached hydrogens (tertiary/aromatic N) is 1. The van der Waals surface area contributed by atoms with Gasteiger partial charge in [-0.1, -0.05) is 27.7 Å². The molecule has 16 heavy (non-hydrogen) atoms. The average Bonchev–Trinajstić information content (AvgIpc) is 2.18. The second-order valence-electron chi connectivity index (χ2n) is 4.60. The van der Waals surface area contributed by atoms with Crippen LogP contribution in [0.4, 0.5) is 8.78 Å². The van der Waals surface area contributed by atoms with Crippen LogP contribution in [0, 0.1) is 11.6 Å². The smallest absolute Gasteiger partial charge is 0.242 e. The van der Waals surface area contributed by atoms with Gasteiger partial charge in [-0.05, 0) is 35.7 Å². The van der Waals surface area contributed by atoms with Gasteiger partial charge in [-0.15, -0.1) is 0 Å². The van der Waals surface area contributed by atoms with Crippen LogP contribution in [-0.2, 0) is 0 Å². The van der Waals surface area contributed by atoms with Crippen LogP contribution < -0.4 is 5.46 Å². The molecule has 4 heteroatoms. The van der Waals surface area contributed by atoms with Crippen molar-refractivity contribution < 1.29 is 8.78 Å². The quantitative estimate of drug-likeness (QED) is 0.709. The maximum atomic E-state index is 13.5. The van der Waals surface area contributed by atoms with E-state index in [1.807, 2.05) is 0 Å². The van der Waals surface area contributed by atoms with E-state index in [1.54, 1.807) is 0 Å². The van der Waals surface area contributed by atoms with Crippen LogP contribution in [0.5, 0.6) is 0 Å². The molecule has 0 spiro atoms. The lowest BCUT2D eigenvalue weighted by atomic mass is 9.77. The Balaban J connectivity index is 2.89. The Labute approximate surface area is 96.7 Å². The van der Waals surface area contributed by atoms with Gasteiger partial charge in [0.25, 0.3) is 0 Å². The first-order valence-corrected chi connectivity index (χ1v) is 5.61. The minimum atomic E-state index is -0.385. The van der Waals surface area contributed by atoms with Gasteiger partial charge in [0.05, 0.1) is 0 Å². The number of hydrogen-bond donors (Lipinski definition) is 0. The molecular formula is C12H18BF2N. The topological polar surface area (TPSA) is 3.24 Å². The van der Waals surface area contributed by atoms with Crippen molar-refractivity contribution in [3.05, 3.63) is 29.8 Å². The predicted molar refractivity (Wildman–Crippen MR) is 65.3 cm³/mol. The predicted octanol–water partition coefficient (Wildman–Crippen LogP) is 2.06. The van der Waals surface area contributed by atoms with Crippen LogP contribution in [-0.4, -0.2) is 24.3 Å². The summed E-state index contributed by atoms with van der Waals surface area (Å²) in [6.45, 7) is 8.21. The molecule has 0 unspecified atom stereocenters. The summed E-state index contributed by atoms with van der Waals surface area (Å²) in [6.07, 6.45) is 0. The molecule has 88 valence electrons. The molecule has 0 atom stereocenters. The Morgan fingerprint density at radius 1 is 1.06 bits per heavy atom. The molecule has 0 saturated carbocycles. The Morgan fingerprint density at radius 2 is 1.62 bits per heavy atom. The van der Waals surface area contributed by atoms with Gasteiger partial charge in [-0.3, -0.25) is 0 Å². The molecule has 0 aliphatic carbocycles. The standard InChI is InChI=1S/C12H18BF2N/c1-8(2)16(9(3)4)13-11-7-10(14)5-6-12(11)15/h5-9,13H,1-4H3. The van der Waals surface area contributed by atoms with Gasteiger partial charge < -0.3 is 4.81 Å². The molecule has 0 aliphatic heterocycles. The van der Waals surface area contributed by atoms with Crippen molar-refractivity contribution >= 4 is 12.9 Å². The van der Waals surface area contributed by atoms with Crippen molar-refractivity contribution in [1.82, 2.24) is 4.81 Å². The van der Waals surface area contributed by atoms with Crippen molar-refractivity contribution in [2.75, 3.05) is 0 Å². The van der Waals surface area contributed by atoms with Crippen molar-refractivity contribution in [2.24, 2.45) is 0 Å². The highest BCUT2D eigenvalue weighted by Crippen LogP contribution is 2.05. The highest BCUT2D eigenvalue weighted by Gasteiger charge is 2.17. The minimum Gasteiger partial charge on any atom is -0.336 e. The van der Waals surface area contributed by atoms with E-state index in [1.165, 1.54) is 12.1 Å². The van der Waals surface area contributed by atoms with Crippen LogP contribution in [0.3, 0.4) is 0 Å². The zero-order valence-electron chi connectivity index (χ0n) is 10.3. The van der Waals surface area contributed by atoms with E-state index in [4.69, 9.17) is 0 Å². The highest BCUT2D eigenvalue weighted by molar-refractivity contribution is 6.50. The lowest BCUT2D eigenvalue weighted by Crippen LogP contribution is -2.46. The zero-order chi connectivity index (χ0) is 12.3. The van der Waals surface area contributed by atoms with E-state index in [0.717, 1.165) is 6.07 Å². The molecule has 0 saturated heterocycles. The molecule has 1 aromatic rings. The SMILES string of the molecule is CC(C)N(Bc1cc(F)ccc1F)C(C)C. The maximum absolute atomic E-state index is 13.5. The van der Waals surface area contributed by atoms with Gasteiger partial charge in [0.15, 0.2) is 0 Å². The molecular weight excluding hydrogens is 207 g/mol. The third-order valence-corrected chi connectivity index (χ3v) is 2.69. The molecule has 0 amide bonds. The summed E-state index contributed by atoms with van der Waals surface area (Å²) in [7, 11) is 0.443. The summed E-state index contributed by atoms with van der Waals surface area (Å²) >= 11 is 0. The number of hydrogen-bond acceptors (Lipinski definition) is 1. The molecule has 0 fully saturated rings. The third-order valence-electron chi connectivity index (χ3n) is 2.69. The first-order chi connectivity index (χ1) is 7.41. The van der Waals surface area contributed by atoms with Crippen molar-refractivity contribution in [3.8, 4) is 0 Å². The summed E-state index contributed by atoms with van der Waals surface area (Å²) in [5, 5.41) is 0. The summed E-state index contributed by atoms with van der Waals surface area (Å²) in [6, 6.07) is 4.22. The number of rotatable bonds is 4. The monoisotopic (exact) mass is 225 g/mol. The molecule has 1 nitrogen and oxygen atoms in total. The van der Waals surface area contributed by atoms with E-state index in [0.29, 0.717) is 25.0 Å². The fourth-order valence-corrected chi connectivity index (χ4v) is 1.82. The second-order valence-corrected chi connectivity index (χ2v) is 4.60. The Kier molecular flexibility index (Phi) is 4.48. The number of benzene rings is 1. The van der Waals surface area contributed by atoms with E-state index >= 15 is 0 Å². The lowest BCUT2D eigenvalue weighted by molar-refractivity contribution is 0.315. The Morgan fingerprint density at radius 3 is 2.12 bits per heavy atom. The fraction of sp³-hybridized carbons (Fsp3) is 0.500. The molecule has 1 aromatic carbocycles. The summed E-state index contributed by atoms with van der Waals surface area (Å²) < 4.78 is 26.5. The summed E-state index contributed by atoms with van der Waals surface area (Å²) in [4.78, 5) is 2.12. The average molecular weight is 225 g/mol. The van der Waals surface area contributed by atoms with Crippen LogP contribution in [0.2, 0.25) is 0 Å². The van der Waals surface area contributed by atoms with E-state index in [-0.39, 0.29) is 11.6 Å². The normalized spacial score (nSPS) is 11.6. The van der Waals surface area contributed by atoms with Crippen LogP contribution in [0.15, 0.2) is 18.2 Å². The van der Waals surface area contributed by atoms with E-state index in [2.05, 4.69) is 32.5 Å². The molecule has 0 aromatic heterocycles. The highest BCUT2D eigenvalue weighted by atomic mass is 19.1. The summed E-state index contributed by atoms with van der Waals surface area (Å²) in [5.41, 5.74) is 0.419. The van der Waals surface area contributed by atoms with E-state index < -0.39 is 0 Å². The fourth-order valence-electron chi connectivity index (χ4n) is 1.82. The largest absolute Gasteiger partial charge is 0.336 e. The maximum Gasteiger partial charge on any atom is 0.242 e. The van der Waals surface area contributed by atoms with Gasteiger partial charge in [-0.25, -0.2) is 8.78 Å². The molecule has 0 N–H and O–H groups in total. The first-order valence-electron chi connectivity index (χ1n) is 5.61. The van der Waals surface area contributed by atoms with Gasteiger partial charge in [0.1, 0.15) is 11.6 Å². The third kappa shape index (κ3) is 3.30.